The van der Waals surface area contributed by atoms with E-state index in [0.29, 0.717) is 0 Å². The van der Waals surface area contributed by atoms with Gasteiger partial charge in [-0.25, -0.2) is 0 Å². The van der Waals surface area contributed by atoms with Crippen molar-refractivity contribution in [3.63, 3.8) is 0 Å². The van der Waals surface area contributed by atoms with Crippen molar-refractivity contribution in [1.82, 2.24) is 0 Å². The molecule has 3 radical (unpaired) electrons. The Bertz CT molecular complexity index is 19.7. The van der Waals surface area contributed by atoms with Crippen molar-refractivity contribution in [1.29, 1.82) is 0 Å². The van der Waals surface area contributed by atoms with E-state index in [2.05, 4.69) is 0 Å². The maximum Gasteiger partial charge on any atom is 0 e. The molecule has 0 spiro atoms. The molecule has 0 aromatic heterocycles. The standard InChI is InChI=1S/Co.Cu.Fe.Mn.Ni.Ti.Zn. The second-order valence-corrected chi connectivity index (χ2v) is 0. The summed E-state index contributed by atoms with van der Waals surface area (Å²) in [6, 6.07) is 0. The fourth-order valence-electron chi connectivity index (χ4n) is 0. The van der Waals surface area contributed by atoms with Crippen LogP contribution in [0.25, 0.3) is 0 Å². The van der Waals surface area contributed by atoms with Gasteiger partial charge in [0.15, 0.2) is 0 Å². The zero-order chi connectivity index (χ0) is 0. The van der Waals surface area contributed by atoms with Gasteiger partial charge < -0.3 is 0 Å². The van der Waals surface area contributed by atoms with Gasteiger partial charge in [-0.2, -0.15) is 0 Å². The molecule has 0 aliphatic rings. The van der Waals surface area contributed by atoms with E-state index in [-0.39, 0.29) is 126 Å². The molecule has 0 heterocycles. The molecule has 0 N–H and O–H groups in total. The maximum atomic E-state index is 0. The number of hydrogen-bond acceptors (Lipinski definition) is 0. The van der Waals surface area contributed by atoms with Crippen LogP contribution in [-0.2, 0) is 126 Å². The molecule has 0 fully saturated rings. The molecule has 51 valence electrons. The van der Waals surface area contributed by atoms with Gasteiger partial charge >= 0.3 is 0 Å². The first-order chi connectivity index (χ1) is 0. The Morgan fingerprint density at radius 2 is 1.00 bits per heavy atom. The summed E-state index contributed by atoms with van der Waals surface area (Å²) in [4.78, 5) is 0. The van der Waals surface area contributed by atoms with Gasteiger partial charge in [0, 0.05) is 126 Å². The molecular formula is CoCuFeMnNiTiZn. The average molecular weight is 405 g/mol. The quantitative estimate of drug-likeness (QED) is 0.498. The molecule has 7 heteroatoms. The van der Waals surface area contributed by atoms with Gasteiger partial charge in [0.05, 0.1) is 0 Å². The van der Waals surface area contributed by atoms with Gasteiger partial charge in [-0.15, -0.1) is 0 Å². The Morgan fingerprint density at radius 3 is 1.00 bits per heavy atom. The topological polar surface area (TPSA) is 0 Å². The molecule has 0 amide bonds. The Morgan fingerprint density at radius 1 is 1.00 bits per heavy atom. The largest absolute Gasteiger partial charge is 0 e. The van der Waals surface area contributed by atoms with E-state index < -0.39 is 0 Å². The van der Waals surface area contributed by atoms with Crippen molar-refractivity contribution < 1.29 is 126 Å². The Kier molecular flexibility index (Phi) is 518. The van der Waals surface area contributed by atoms with Crippen LogP contribution >= 0.6 is 0 Å². The van der Waals surface area contributed by atoms with Crippen molar-refractivity contribution in [3.8, 4) is 0 Å². The minimum Gasteiger partial charge on any atom is 0 e. The van der Waals surface area contributed by atoms with Crippen LogP contribution in [0.3, 0.4) is 0 Å². The second kappa shape index (κ2) is 51.6. The summed E-state index contributed by atoms with van der Waals surface area (Å²) in [6.45, 7) is 0. The molecule has 0 nitrogen and oxygen atoms in total. The van der Waals surface area contributed by atoms with E-state index in [1.807, 2.05) is 0 Å². The van der Waals surface area contributed by atoms with Crippen molar-refractivity contribution in [3.05, 3.63) is 0 Å². The van der Waals surface area contributed by atoms with Crippen molar-refractivity contribution in [2.24, 2.45) is 0 Å². The van der Waals surface area contributed by atoms with Crippen LogP contribution in [-0.4, -0.2) is 0 Å². The number of rotatable bonds is 0. The van der Waals surface area contributed by atoms with Crippen molar-refractivity contribution in [2.45, 2.75) is 0 Å². The SMILES string of the molecule is [Co].[Cu].[Fe].[Mn].[Ni].[Ti].[Zn]. The molecule has 0 bridgehead atoms. The Labute approximate surface area is 123 Å². The van der Waals surface area contributed by atoms with Crippen LogP contribution in [0.2, 0.25) is 0 Å². The van der Waals surface area contributed by atoms with Gasteiger partial charge in [-0.3, -0.25) is 0 Å². The summed E-state index contributed by atoms with van der Waals surface area (Å²) in [5.41, 5.74) is 0. The maximum absolute atomic E-state index is 0. The summed E-state index contributed by atoms with van der Waals surface area (Å²) >= 11 is 0. The summed E-state index contributed by atoms with van der Waals surface area (Å²) in [5.74, 6) is 0. The van der Waals surface area contributed by atoms with Gasteiger partial charge in [0.2, 0.25) is 0 Å². The first kappa shape index (κ1) is 70.3. The Hall–Kier alpha value is 3.90. The predicted octanol–water partition coefficient (Wildman–Crippen LogP) is -0.0175. The molecular weight excluding hydrogens is 405 g/mol. The van der Waals surface area contributed by atoms with Crippen LogP contribution in [0.1, 0.15) is 0 Å². The molecule has 0 saturated carbocycles. The molecule has 0 aromatic rings. The zero-order valence-corrected chi connectivity index (χ0v) is 12.7. The van der Waals surface area contributed by atoms with E-state index in [9.17, 15) is 0 Å². The third-order valence-electron chi connectivity index (χ3n) is 0. The van der Waals surface area contributed by atoms with Crippen LogP contribution in [0, 0.1) is 0 Å². The smallest absolute Gasteiger partial charge is 0 e. The zero-order valence-electron chi connectivity index (χ0n) is 2.89. The van der Waals surface area contributed by atoms with Gasteiger partial charge in [-0.1, -0.05) is 0 Å². The summed E-state index contributed by atoms with van der Waals surface area (Å²) in [7, 11) is 0. The van der Waals surface area contributed by atoms with Crippen molar-refractivity contribution >= 4 is 0 Å². The fourth-order valence-corrected chi connectivity index (χ4v) is 0. The summed E-state index contributed by atoms with van der Waals surface area (Å²) < 4.78 is 0. The van der Waals surface area contributed by atoms with E-state index in [0.717, 1.165) is 0 Å². The van der Waals surface area contributed by atoms with Crippen LogP contribution in [0.5, 0.6) is 0 Å². The van der Waals surface area contributed by atoms with Gasteiger partial charge in [0.1, 0.15) is 0 Å². The number of hydrogen-bond donors (Lipinski definition) is 0. The summed E-state index contributed by atoms with van der Waals surface area (Å²) in [6.07, 6.45) is 0. The average Bonchev–Trinajstić information content (AvgIpc) is 0. The molecule has 0 unspecified atom stereocenters. The molecule has 0 aliphatic carbocycles. The minimum absolute atomic E-state index is 0. The van der Waals surface area contributed by atoms with Gasteiger partial charge in [-0.05, 0) is 0 Å². The first-order valence-corrected chi connectivity index (χ1v) is 0. The normalized spacial score (nSPS) is 0. The summed E-state index contributed by atoms with van der Waals surface area (Å²) in [5, 5.41) is 0. The molecule has 7 heavy (non-hydrogen) atoms. The van der Waals surface area contributed by atoms with E-state index in [1.54, 1.807) is 0 Å². The molecule has 0 saturated heterocycles. The van der Waals surface area contributed by atoms with Gasteiger partial charge in [0.25, 0.3) is 0 Å². The molecule has 0 aromatic carbocycles. The van der Waals surface area contributed by atoms with E-state index >= 15 is 0 Å². The molecule has 0 atom stereocenters. The molecule has 0 aliphatic heterocycles. The minimum atomic E-state index is 0. The third kappa shape index (κ3) is 40.6. The van der Waals surface area contributed by atoms with Crippen molar-refractivity contribution in [2.75, 3.05) is 0 Å². The van der Waals surface area contributed by atoms with Crippen LogP contribution in [0.4, 0.5) is 0 Å². The second-order valence-electron chi connectivity index (χ2n) is 0. The van der Waals surface area contributed by atoms with E-state index in [4.69, 9.17) is 0 Å². The van der Waals surface area contributed by atoms with Crippen LogP contribution < -0.4 is 0 Å². The third-order valence-corrected chi connectivity index (χ3v) is 0. The van der Waals surface area contributed by atoms with Crippen LogP contribution in [0.15, 0.2) is 0 Å². The predicted molar refractivity (Wildman–Crippen MR) is 0 cm³/mol. The fraction of sp³-hybridized carbons (Fsp3) is 0. The monoisotopic (exact) mass is 403 g/mol. The van der Waals surface area contributed by atoms with E-state index in [1.165, 1.54) is 0 Å². The molecule has 0 rings (SSSR count). The first-order valence-electron chi connectivity index (χ1n) is 0. The Balaban J connectivity index is 0.